The fourth-order valence-electron chi connectivity index (χ4n) is 0.802. The molecule has 1 rings (SSSR count). The third-order valence-electron chi connectivity index (χ3n) is 1.53. The largest absolute Gasteiger partial charge is 0.288 e. The van der Waals surface area contributed by atoms with Crippen molar-refractivity contribution in [1.82, 2.24) is 0 Å². The van der Waals surface area contributed by atoms with E-state index >= 15 is 0 Å². The first-order chi connectivity index (χ1) is 5.54. The average molecular weight is 204 g/mol. The number of nitro benzene ring substituents is 1. The van der Waals surface area contributed by atoms with Crippen molar-refractivity contribution in [2.75, 3.05) is 0 Å². The van der Waals surface area contributed by atoms with E-state index in [0.29, 0.717) is 10.5 Å². The lowest BCUT2D eigenvalue weighted by Gasteiger charge is -2.01. The van der Waals surface area contributed by atoms with E-state index in [1.54, 1.807) is 13.0 Å². The van der Waals surface area contributed by atoms with Crippen molar-refractivity contribution in [2.24, 2.45) is 0 Å². The second kappa shape index (κ2) is 3.33. The molecule has 0 aromatic heterocycles. The zero-order valence-corrected chi connectivity index (χ0v) is 7.89. The number of nitro groups is 1. The predicted octanol–water partition coefficient (Wildman–Crippen LogP) is 2.85. The van der Waals surface area contributed by atoms with Gasteiger partial charge >= 0.3 is 0 Å². The number of hydrogen-bond donors (Lipinski definition) is 1. The van der Waals surface area contributed by atoms with E-state index < -0.39 is 4.92 Å². The summed E-state index contributed by atoms with van der Waals surface area (Å²) in [7, 11) is 0. The maximum Gasteiger partial charge on any atom is 0.288 e. The van der Waals surface area contributed by atoms with Gasteiger partial charge in [-0.25, -0.2) is 0 Å². The lowest BCUT2D eigenvalue weighted by Crippen LogP contribution is -1.91. The number of hydrogen-bond acceptors (Lipinski definition) is 3. The van der Waals surface area contributed by atoms with Gasteiger partial charge < -0.3 is 0 Å². The first-order valence-corrected chi connectivity index (χ1v) is 3.99. The third kappa shape index (κ3) is 1.54. The minimum atomic E-state index is -0.511. The second-order valence-electron chi connectivity index (χ2n) is 2.30. The molecule has 0 unspecified atom stereocenters. The zero-order chi connectivity index (χ0) is 9.30. The summed E-state index contributed by atoms with van der Waals surface area (Å²) in [6.07, 6.45) is 0. The summed E-state index contributed by atoms with van der Waals surface area (Å²) in [6.45, 7) is 1.69. The Balaban J connectivity index is 3.36. The van der Waals surface area contributed by atoms with Crippen LogP contribution in [-0.2, 0) is 0 Å². The van der Waals surface area contributed by atoms with Gasteiger partial charge in [-0.15, -0.1) is 12.6 Å². The van der Waals surface area contributed by atoms with Gasteiger partial charge in [-0.05, 0) is 18.6 Å². The van der Waals surface area contributed by atoms with Crippen LogP contribution in [0.5, 0.6) is 0 Å². The van der Waals surface area contributed by atoms with Gasteiger partial charge in [0.25, 0.3) is 5.69 Å². The number of thiol groups is 1. The van der Waals surface area contributed by atoms with Crippen molar-refractivity contribution < 1.29 is 4.92 Å². The van der Waals surface area contributed by atoms with Crippen molar-refractivity contribution >= 4 is 29.9 Å². The topological polar surface area (TPSA) is 43.1 Å². The van der Waals surface area contributed by atoms with Crippen LogP contribution in [0.15, 0.2) is 17.0 Å². The zero-order valence-electron chi connectivity index (χ0n) is 6.24. The van der Waals surface area contributed by atoms with Crippen LogP contribution in [0.4, 0.5) is 5.69 Å². The smallest absolute Gasteiger partial charge is 0.258 e. The number of nitrogens with zero attached hydrogens (tertiary/aromatic N) is 1. The van der Waals surface area contributed by atoms with Gasteiger partial charge in [0.1, 0.15) is 5.02 Å². The van der Waals surface area contributed by atoms with Gasteiger partial charge in [0.15, 0.2) is 0 Å². The highest BCUT2D eigenvalue weighted by molar-refractivity contribution is 7.80. The second-order valence-corrected chi connectivity index (χ2v) is 3.16. The minimum absolute atomic E-state index is 0.0769. The first kappa shape index (κ1) is 9.35. The van der Waals surface area contributed by atoms with Crippen molar-refractivity contribution in [3.05, 3.63) is 32.8 Å². The minimum Gasteiger partial charge on any atom is -0.258 e. The van der Waals surface area contributed by atoms with E-state index in [4.69, 9.17) is 11.6 Å². The van der Waals surface area contributed by atoms with Crippen LogP contribution in [0.25, 0.3) is 0 Å². The van der Waals surface area contributed by atoms with Crippen LogP contribution >= 0.6 is 24.2 Å². The van der Waals surface area contributed by atoms with E-state index in [1.807, 2.05) is 0 Å². The molecule has 0 saturated carbocycles. The van der Waals surface area contributed by atoms with Crippen molar-refractivity contribution in [2.45, 2.75) is 11.8 Å². The molecule has 0 fully saturated rings. The molecule has 0 saturated heterocycles. The molecule has 3 nitrogen and oxygen atoms in total. The molecule has 5 heteroatoms. The first-order valence-electron chi connectivity index (χ1n) is 3.16. The molecule has 0 heterocycles. The van der Waals surface area contributed by atoms with E-state index in [1.165, 1.54) is 6.07 Å². The van der Waals surface area contributed by atoms with Gasteiger partial charge in [0, 0.05) is 11.0 Å². The molecule has 12 heavy (non-hydrogen) atoms. The summed E-state index contributed by atoms with van der Waals surface area (Å²) in [5.74, 6) is 0. The summed E-state index contributed by atoms with van der Waals surface area (Å²) in [4.78, 5) is 10.5. The predicted molar refractivity (Wildman–Crippen MR) is 50.1 cm³/mol. The fourth-order valence-corrected chi connectivity index (χ4v) is 1.29. The number of halogens is 1. The molecule has 0 N–H and O–H groups in total. The molecule has 64 valence electrons. The van der Waals surface area contributed by atoms with Crippen LogP contribution < -0.4 is 0 Å². The van der Waals surface area contributed by atoms with Crippen LogP contribution in [0.2, 0.25) is 5.02 Å². The Kier molecular flexibility index (Phi) is 2.59. The Morgan fingerprint density at radius 1 is 1.58 bits per heavy atom. The molecule has 0 aliphatic rings. The lowest BCUT2D eigenvalue weighted by atomic mass is 10.2. The summed E-state index contributed by atoms with van der Waals surface area (Å²) in [5.41, 5.74) is 0.557. The molecule has 0 aliphatic heterocycles. The average Bonchev–Trinajstić information content (AvgIpc) is 2.00. The Bertz CT molecular complexity index is 340. The number of benzene rings is 1. The van der Waals surface area contributed by atoms with E-state index in [2.05, 4.69) is 12.6 Å². The number of rotatable bonds is 1. The highest BCUT2D eigenvalue weighted by Gasteiger charge is 2.14. The van der Waals surface area contributed by atoms with Crippen molar-refractivity contribution in [3.8, 4) is 0 Å². The van der Waals surface area contributed by atoms with Crippen LogP contribution in [-0.4, -0.2) is 4.92 Å². The maximum atomic E-state index is 10.4. The quantitative estimate of drug-likeness (QED) is 0.433. The van der Waals surface area contributed by atoms with E-state index in [0.717, 1.165) is 0 Å². The van der Waals surface area contributed by atoms with Crippen LogP contribution in [0, 0.1) is 17.0 Å². The van der Waals surface area contributed by atoms with Crippen LogP contribution in [0.3, 0.4) is 0 Å². The Hall–Kier alpha value is -0.740. The summed E-state index contributed by atoms with van der Waals surface area (Å²) in [6, 6.07) is 2.90. The highest BCUT2D eigenvalue weighted by Crippen LogP contribution is 2.31. The summed E-state index contributed by atoms with van der Waals surface area (Å²) in [5, 5.41) is 10.5. The van der Waals surface area contributed by atoms with Crippen LogP contribution in [0.1, 0.15) is 5.56 Å². The lowest BCUT2D eigenvalue weighted by molar-refractivity contribution is -0.384. The van der Waals surface area contributed by atoms with Crippen molar-refractivity contribution in [3.63, 3.8) is 0 Å². The van der Waals surface area contributed by atoms with Gasteiger partial charge in [-0.3, -0.25) is 10.1 Å². The maximum absolute atomic E-state index is 10.4. The molecule has 0 bridgehead atoms. The Morgan fingerprint density at radius 3 is 2.67 bits per heavy atom. The molecule has 0 radical (unpaired) electrons. The van der Waals surface area contributed by atoms with Gasteiger partial charge in [-0.1, -0.05) is 11.6 Å². The van der Waals surface area contributed by atoms with E-state index in [9.17, 15) is 10.1 Å². The Morgan fingerprint density at radius 2 is 2.17 bits per heavy atom. The molecule has 0 amide bonds. The Labute approximate surface area is 79.9 Å². The monoisotopic (exact) mass is 203 g/mol. The fraction of sp³-hybridized carbons (Fsp3) is 0.143. The molecule has 0 aliphatic carbocycles. The summed E-state index contributed by atoms with van der Waals surface area (Å²) >= 11 is 9.78. The normalized spacial score (nSPS) is 9.92. The third-order valence-corrected chi connectivity index (χ3v) is 2.50. The van der Waals surface area contributed by atoms with Gasteiger partial charge in [0.05, 0.1) is 4.92 Å². The SMILES string of the molecule is Cc1c(S)ccc([N+](=O)[O-])c1Cl. The highest BCUT2D eigenvalue weighted by atomic mass is 35.5. The van der Waals surface area contributed by atoms with Gasteiger partial charge in [0.2, 0.25) is 0 Å². The van der Waals surface area contributed by atoms with E-state index in [-0.39, 0.29) is 10.7 Å². The molecular weight excluding hydrogens is 198 g/mol. The molecule has 1 aromatic carbocycles. The molecule has 0 atom stereocenters. The molecular formula is C7H6ClNO2S. The molecule has 0 spiro atoms. The van der Waals surface area contributed by atoms with Gasteiger partial charge in [-0.2, -0.15) is 0 Å². The summed E-state index contributed by atoms with van der Waals surface area (Å²) < 4.78 is 0. The molecule has 1 aromatic rings. The standard InChI is InChI=1S/C7H6ClNO2S/c1-4-6(12)3-2-5(7(4)8)9(10)11/h2-3,12H,1H3. The van der Waals surface area contributed by atoms with Crippen molar-refractivity contribution in [1.29, 1.82) is 0 Å².